The lowest BCUT2D eigenvalue weighted by Gasteiger charge is -2.26. The molecule has 0 atom stereocenters. The van der Waals surface area contributed by atoms with Gasteiger partial charge in [0.15, 0.2) is 0 Å². The molecule has 0 aromatic heterocycles. The Kier molecular flexibility index (Phi) is 5.29. The summed E-state index contributed by atoms with van der Waals surface area (Å²) < 4.78 is 5.08. The second-order valence-corrected chi connectivity index (χ2v) is 4.56. The Morgan fingerprint density at radius 1 is 1.35 bits per heavy atom. The zero-order valence-electron chi connectivity index (χ0n) is 11.2. The zero-order chi connectivity index (χ0) is 12.8. The first-order valence-corrected chi connectivity index (χ1v) is 6.18. The van der Waals surface area contributed by atoms with E-state index in [2.05, 4.69) is 25.7 Å². The van der Waals surface area contributed by atoms with Gasteiger partial charge in [-0.2, -0.15) is 0 Å². The summed E-state index contributed by atoms with van der Waals surface area (Å²) in [5, 5.41) is 9.91. The van der Waals surface area contributed by atoms with Crippen molar-refractivity contribution < 1.29 is 9.84 Å². The Bertz CT molecular complexity index is 350. The lowest BCUT2D eigenvalue weighted by molar-refractivity contribution is 0.211. The van der Waals surface area contributed by atoms with Crippen LogP contribution in [0, 0.1) is 0 Å². The van der Waals surface area contributed by atoms with E-state index in [-0.39, 0.29) is 0 Å². The molecule has 96 valence electrons. The number of hydrogen-bond acceptors (Lipinski definition) is 3. The second kappa shape index (κ2) is 6.50. The lowest BCUT2D eigenvalue weighted by atomic mass is 10.1. The Balaban J connectivity index is 2.78. The minimum Gasteiger partial charge on any atom is -0.507 e. The molecule has 3 nitrogen and oxygen atoms in total. The first kappa shape index (κ1) is 13.8. The molecule has 1 aromatic carbocycles. The molecule has 17 heavy (non-hydrogen) atoms. The van der Waals surface area contributed by atoms with Crippen LogP contribution in [0.3, 0.4) is 0 Å². The largest absolute Gasteiger partial charge is 0.507 e. The Labute approximate surface area is 104 Å². The number of methoxy groups -OCH3 is 1. The quantitative estimate of drug-likeness (QED) is 0.825. The summed E-state index contributed by atoms with van der Waals surface area (Å²) in [6, 6.07) is 5.97. The van der Waals surface area contributed by atoms with Crippen molar-refractivity contribution in [3.63, 3.8) is 0 Å². The van der Waals surface area contributed by atoms with Crippen molar-refractivity contribution in [2.75, 3.05) is 13.7 Å². The van der Waals surface area contributed by atoms with Gasteiger partial charge in [0.05, 0.1) is 7.11 Å². The Hall–Kier alpha value is -1.22. The van der Waals surface area contributed by atoms with Gasteiger partial charge in [0.25, 0.3) is 0 Å². The average Bonchev–Trinajstić information content (AvgIpc) is 2.30. The summed E-state index contributed by atoms with van der Waals surface area (Å²) in [6.45, 7) is 8.35. The molecule has 3 heteroatoms. The molecule has 0 amide bonds. The molecular weight excluding hydrogens is 214 g/mol. The predicted molar refractivity (Wildman–Crippen MR) is 70.5 cm³/mol. The summed E-state index contributed by atoms with van der Waals surface area (Å²) in [5.74, 6) is 1.00. The highest BCUT2D eigenvalue weighted by atomic mass is 16.5. The molecule has 1 N–H and O–H groups in total. The van der Waals surface area contributed by atoms with Gasteiger partial charge in [-0.1, -0.05) is 13.0 Å². The van der Waals surface area contributed by atoms with Crippen molar-refractivity contribution in [3.8, 4) is 11.5 Å². The molecule has 0 saturated carbocycles. The van der Waals surface area contributed by atoms with E-state index in [4.69, 9.17) is 4.74 Å². The number of phenolic OH excluding ortho intramolecular Hbond substituents is 1. The van der Waals surface area contributed by atoms with Crippen LogP contribution in [0.15, 0.2) is 18.2 Å². The molecular formula is C14H23NO2. The van der Waals surface area contributed by atoms with E-state index in [1.165, 1.54) is 0 Å². The highest BCUT2D eigenvalue weighted by Gasteiger charge is 2.11. The van der Waals surface area contributed by atoms with Crippen LogP contribution < -0.4 is 4.74 Å². The van der Waals surface area contributed by atoms with Crippen molar-refractivity contribution in [3.05, 3.63) is 23.8 Å². The Morgan fingerprint density at radius 2 is 2.06 bits per heavy atom. The summed E-state index contributed by atoms with van der Waals surface area (Å²) in [5.41, 5.74) is 0.952. The smallest absolute Gasteiger partial charge is 0.123 e. The molecule has 0 unspecified atom stereocenters. The molecule has 1 rings (SSSR count). The molecule has 0 aliphatic heterocycles. The van der Waals surface area contributed by atoms with Gasteiger partial charge in [0.2, 0.25) is 0 Å². The molecule has 0 bridgehead atoms. The highest BCUT2D eigenvalue weighted by molar-refractivity contribution is 5.39. The van der Waals surface area contributed by atoms with Gasteiger partial charge in [0, 0.05) is 24.2 Å². The molecule has 0 heterocycles. The third kappa shape index (κ3) is 3.93. The second-order valence-electron chi connectivity index (χ2n) is 4.56. The van der Waals surface area contributed by atoms with Gasteiger partial charge in [0.1, 0.15) is 11.5 Å². The van der Waals surface area contributed by atoms with E-state index in [1.54, 1.807) is 13.2 Å². The van der Waals surface area contributed by atoms with Crippen LogP contribution in [-0.4, -0.2) is 29.7 Å². The van der Waals surface area contributed by atoms with Crippen molar-refractivity contribution in [1.29, 1.82) is 0 Å². The first-order valence-electron chi connectivity index (χ1n) is 6.18. The highest BCUT2D eigenvalue weighted by Crippen LogP contribution is 2.25. The maximum atomic E-state index is 9.91. The third-order valence-electron chi connectivity index (χ3n) is 2.91. The van der Waals surface area contributed by atoms with E-state index in [0.29, 0.717) is 17.5 Å². The fraction of sp³-hybridized carbons (Fsp3) is 0.571. The van der Waals surface area contributed by atoms with Crippen LogP contribution in [0.2, 0.25) is 0 Å². The summed E-state index contributed by atoms with van der Waals surface area (Å²) >= 11 is 0. The van der Waals surface area contributed by atoms with Crippen molar-refractivity contribution >= 4 is 0 Å². The van der Waals surface area contributed by atoms with E-state index in [0.717, 1.165) is 25.1 Å². The van der Waals surface area contributed by atoms with Crippen LogP contribution >= 0.6 is 0 Å². The number of nitrogens with zero attached hydrogens (tertiary/aromatic N) is 1. The van der Waals surface area contributed by atoms with Crippen molar-refractivity contribution in [2.45, 2.75) is 39.8 Å². The number of rotatable bonds is 6. The molecule has 0 aliphatic rings. The lowest BCUT2D eigenvalue weighted by Crippen LogP contribution is -2.31. The number of benzene rings is 1. The van der Waals surface area contributed by atoms with Gasteiger partial charge >= 0.3 is 0 Å². The molecule has 0 fully saturated rings. The standard InChI is InChI=1S/C14H23NO2/c1-5-8-15(11(2)3)10-12-6-7-13(17-4)9-14(12)16/h6-7,9,11,16H,5,8,10H2,1-4H3. The van der Waals surface area contributed by atoms with Crippen LogP contribution in [0.5, 0.6) is 11.5 Å². The minimum absolute atomic E-state index is 0.311. The molecule has 1 aromatic rings. The number of ether oxygens (including phenoxy) is 1. The number of phenols is 1. The van der Waals surface area contributed by atoms with Crippen LogP contribution in [0.25, 0.3) is 0 Å². The molecule has 0 radical (unpaired) electrons. The van der Waals surface area contributed by atoms with Gasteiger partial charge in [-0.05, 0) is 32.9 Å². The average molecular weight is 237 g/mol. The van der Waals surface area contributed by atoms with Crippen LogP contribution in [0.4, 0.5) is 0 Å². The van der Waals surface area contributed by atoms with Crippen molar-refractivity contribution in [1.82, 2.24) is 4.90 Å². The normalized spacial score (nSPS) is 11.2. The van der Waals surface area contributed by atoms with Gasteiger partial charge < -0.3 is 9.84 Å². The van der Waals surface area contributed by atoms with E-state index in [1.807, 2.05) is 12.1 Å². The van der Waals surface area contributed by atoms with E-state index in [9.17, 15) is 5.11 Å². The fourth-order valence-electron chi connectivity index (χ4n) is 1.83. The minimum atomic E-state index is 0.311. The molecule has 0 saturated heterocycles. The number of hydrogen-bond donors (Lipinski definition) is 1. The molecule has 0 aliphatic carbocycles. The monoisotopic (exact) mass is 237 g/mol. The van der Waals surface area contributed by atoms with Gasteiger partial charge in [-0.3, -0.25) is 4.90 Å². The maximum absolute atomic E-state index is 9.91. The van der Waals surface area contributed by atoms with Crippen molar-refractivity contribution in [2.24, 2.45) is 0 Å². The molecule has 0 spiro atoms. The predicted octanol–water partition coefficient (Wildman–Crippen LogP) is 3.02. The van der Waals surface area contributed by atoms with E-state index < -0.39 is 0 Å². The zero-order valence-corrected chi connectivity index (χ0v) is 11.2. The SMILES string of the molecule is CCCN(Cc1ccc(OC)cc1O)C(C)C. The summed E-state index contributed by atoms with van der Waals surface area (Å²) in [6.07, 6.45) is 1.12. The fourth-order valence-corrected chi connectivity index (χ4v) is 1.83. The number of aromatic hydroxyl groups is 1. The summed E-state index contributed by atoms with van der Waals surface area (Å²) in [4.78, 5) is 2.35. The van der Waals surface area contributed by atoms with Crippen LogP contribution in [-0.2, 0) is 6.54 Å². The Morgan fingerprint density at radius 3 is 2.53 bits per heavy atom. The maximum Gasteiger partial charge on any atom is 0.123 e. The van der Waals surface area contributed by atoms with Gasteiger partial charge in [-0.25, -0.2) is 0 Å². The van der Waals surface area contributed by atoms with Crippen LogP contribution in [0.1, 0.15) is 32.8 Å². The third-order valence-corrected chi connectivity index (χ3v) is 2.91. The van der Waals surface area contributed by atoms with Gasteiger partial charge in [-0.15, -0.1) is 0 Å². The van der Waals surface area contributed by atoms with E-state index >= 15 is 0 Å². The topological polar surface area (TPSA) is 32.7 Å². The summed E-state index contributed by atoms with van der Waals surface area (Å²) in [7, 11) is 1.60. The first-order chi connectivity index (χ1) is 8.08.